The molecule has 2 amide bonds. The standard InChI is InChI=1S/C18H26N2O4/c1-3-4-10-15(18(23)24)20-17(22)12-11-16(21)19-13(2)14-8-6-5-7-9-14/h5-9,13,15H,3-4,10-12H2,1-2H3,(H,19,21)(H,20,22)(H,23,24)/t13-,15-/m1/s1. The average Bonchev–Trinajstić information content (AvgIpc) is 2.57. The molecule has 0 aliphatic carbocycles. The molecule has 6 nitrogen and oxygen atoms in total. The molecule has 0 spiro atoms. The van der Waals surface area contributed by atoms with Gasteiger partial charge < -0.3 is 15.7 Å². The third kappa shape index (κ3) is 7.26. The highest BCUT2D eigenvalue weighted by Crippen LogP contribution is 2.11. The number of carbonyl (C=O) groups is 3. The van der Waals surface area contributed by atoms with Crippen LogP contribution in [0.25, 0.3) is 0 Å². The molecule has 0 radical (unpaired) electrons. The first kappa shape index (κ1) is 19.7. The molecule has 0 saturated carbocycles. The third-order valence-electron chi connectivity index (χ3n) is 3.74. The second kappa shape index (κ2) is 10.4. The maximum Gasteiger partial charge on any atom is 0.326 e. The van der Waals surface area contributed by atoms with Crippen LogP contribution in [0.2, 0.25) is 0 Å². The highest BCUT2D eigenvalue weighted by molar-refractivity contribution is 5.87. The van der Waals surface area contributed by atoms with Crippen molar-refractivity contribution in [2.45, 2.75) is 58.0 Å². The van der Waals surface area contributed by atoms with E-state index in [-0.39, 0.29) is 24.8 Å². The van der Waals surface area contributed by atoms with Gasteiger partial charge in [-0.25, -0.2) is 4.79 Å². The molecule has 24 heavy (non-hydrogen) atoms. The molecule has 0 heterocycles. The summed E-state index contributed by atoms with van der Waals surface area (Å²) in [5.74, 6) is -1.69. The van der Waals surface area contributed by atoms with E-state index < -0.39 is 17.9 Å². The monoisotopic (exact) mass is 334 g/mol. The van der Waals surface area contributed by atoms with Crippen molar-refractivity contribution in [3.05, 3.63) is 35.9 Å². The fraction of sp³-hybridized carbons (Fsp3) is 0.500. The minimum atomic E-state index is -1.04. The number of amides is 2. The molecule has 0 fully saturated rings. The predicted molar refractivity (Wildman–Crippen MR) is 91.3 cm³/mol. The first-order valence-electron chi connectivity index (χ1n) is 8.30. The van der Waals surface area contributed by atoms with Gasteiger partial charge in [-0.3, -0.25) is 9.59 Å². The zero-order chi connectivity index (χ0) is 17.9. The molecular weight excluding hydrogens is 308 g/mol. The Morgan fingerprint density at radius 1 is 1.04 bits per heavy atom. The summed E-state index contributed by atoms with van der Waals surface area (Å²) in [4.78, 5) is 34.8. The van der Waals surface area contributed by atoms with Crippen molar-refractivity contribution < 1.29 is 19.5 Å². The Hall–Kier alpha value is -2.37. The van der Waals surface area contributed by atoms with Crippen molar-refractivity contribution in [1.29, 1.82) is 0 Å². The Labute approximate surface area is 142 Å². The van der Waals surface area contributed by atoms with Crippen LogP contribution < -0.4 is 10.6 Å². The molecular formula is C18H26N2O4. The number of carboxylic acids is 1. The topological polar surface area (TPSA) is 95.5 Å². The minimum absolute atomic E-state index is 0.0246. The lowest BCUT2D eigenvalue weighted by Crippen LogP contribution is -2.41. The van der Waals surface area contributed by atoms with Crippen LogP contribution in [0.3, 0.4) is 0 Å². The van der Waals surface area contributed by atoms with Gasteiger partial charge in [0.25, 0.3) is 0 Å². The molecule has 0 saturated heterocycles. The minimum Gasteiger partial charge on any atom is -0.480 e. The van der Waals surface area contributed by atoms with Gasteiger partial charge in [0.05, 0.1) is 6.04 Å². The van der Waals surface area contributed by atoms with Gasteiger partial charge in [-0.05, 0) is 18.9 Å². The molecule has 0 aliphatic rings. The number of carboxylic acid groups (broad SMARTS) is 1. The molecule has 132 valence electrons. The number of carbonyl (C=O) groups excluding carboxylic acids is 2. The molecule has 0 aliphatic heterocycles. The summed E-state index contributed by atoms with van der Waals surface area (Å²) < 4.78 is 0. The van der Waals surface area contributed by atoms with Gasteiger partial charge in [-0.15, -0.1) is 0 Å². The second-order valence-corrected chi connectivity index (χ2v) is 5.80. The Morgan fingerprint density at radius 3 is 2.17 bits per heavy atom. The summed E-state index contributed by atoms with van der Waals surface area (Å²) in [6.07, 6.45) is 1.99. The number of unbranched alkanes of at least 4 members (excludes halogenated alkanes) is 1. The smallest absolute Gasteiger partial charge is 0.326 e. The zero-order valence-electron chi connectivity index (χ0n) is 14.2. The van der Waals surface area contributed by atoms with Gasteiger partial charge in [-0.1, -0.05) is 50.1 Å². The predicted octanol–water partition coefficient (Wildman–Crippen LogP) is 2.40. The van der Waals surface area contributed by atoms with Crippen LogP contribution in [0.4, 0.5) is 0 Å². The molecule has 1 rings (SSSR count). The van der Waals surface area contributed by atoms with E-state index in [0.29, 0.717) is 6.42 Å². The van der Waals surface area contributed by atoms with Gasteiger partial charge in [-0.2, -0.15) is 0 Å². The SMILES string of the molecule is CCCC[C@@H](NC(=O)CCC(=O)N[C@H](C)c1ccccc1)C(=O)O. The van der Waals surface area contributed by atoms with Gasteiger partial charge in [0, 0.05) is 12.8 Å². The Bertz CT molecular complexity index is 545. The van der Waals surface area contributed by atoms with E-state index in [1.165, 1.54) is 0 Å². The maximum absolute atomic E-state index is 11.9. The number of rotatable bonds is 10. The van der Waals surface area contributed by atoms with E-state index in [2.05, 4.69) is 10.6 Å². The van der Waals surface area contributed by atoms with Crippen LogP contribution in [0, 0.1) is 0 Å². The molecule has 1 aromatic rings. The molecule has 0 bridgehead atoms. The quantitative estimate of drug-likeness (QED) is 0.612. The van der Waals surface area contributed by atoms with Crippen molar-refractivity contribution in [3.8, 4) is 0 Å². The van der Waals surface area contributed by atoms with Gasteiger partial charge in [0.1, 0.15) is 6.04 Å². The number of benzene rings is 1. The fourth-order valence-electron chi connectivity index (χ4n) is 2.30. The average molecular weight is 334 g/mol. The lowest BCUT2D eigenvalue weighted by Gasteiger charge is -2.15. The Morgan fingerprint density at radius 2 is 1.62 bits per heavy atom. The number of hydrogen-bond acceptors (Lipinski definition) is 3. The van der Waals surface area contributed by atoms with E-state index in [1.54, 1.807) is 0 Å². The van der Waals surface area contributed by atoms with Crippen LogP contribution in [-0.2, 0) is 14.4 Å². The third-order valence-corrected chi connectivity index (χ3v) is 3.74. The number of aliphatic carboxylic acids is 1. The maximum atomic E-state index is 11.9. The highest BCUT2D eigenvalue weighted by atomic mass is 16.4. The molecule has 0 aromatic heterocycles. The van der Waals surface area contributed by atoms with Crippen molar-refractivity contribution in [2.75, 3.05) is 0 Å². The van der Waals surface area contributed by atoms with Crippen molar-refractivity contribution in [3.63, 3.8) is 0 Å². The van der Waals surface area contributed by atoms with E-state index in [1.807, 2.05) is 44.2 Å². The molecule has 0 unspecified atom stereocenters. The van der Waals surface area contributed by atoms with Gasteiger partial charge in [0.2, 0.25) is 11.8 Å². The number of nitrogens with one attached hydrogen (secondary N) is 2. The molecule has 1 aromatic carbocycles. The summed E-state index contributed by atoms with van der Waals surface area (Å²) in [6.45, 7) is 3.83. The highest BCUT2D eigenvalue weighted by Gasteiger charge is 2.19. The largest absolute Gasteiger partial charge is 0.480 e. The van der Waals surface area contributed by atoms with Crippen molar-refractivity contribution in [2.24, 2.45) is 0 Å². The van der Waals surface area contributed by atoms with E-state index in [0.717, 1.165) is 18.4 Å². The first-order chi connectivity index (χ1) is 11.4. The van der Waals surface area contributed by atoms with Crippen LogP contribution in [0.5, 0.6) is 0 Å². The summed E-state index contributed by atoms with van der Waals surface area (Å²) in [5.41, 5.74) is 0.987. The molecule has 2 atom stereocenters. The van der Waals surface area contributed by atoms with E-state index in [9.17, 15) is 14.4 Å². The summed E-state index contributed by atoms with van der Waals surface area (Å²) in [6, 6.07) is 8.51. The van der Waals surface area contributed by atoms with Crippen LogP contribution in [-0.4, -0.2) is 28.9 Å². The van der Waals surface area contributed by atoms with Crippen molar-refractivity contribution >= 4 is 17.8 Å². The summed E-state index contributed by atoms with van der Waals surface area (Å²) in [7, 11) is 0. The van der Waals surface area contributed by atoms with Gasteiger partial charge in [0.15, 0.2) is 0 Å². The lowest BCUT2D eigenvalue weighted by atomic mass is 10.1. The fourth-order valence-corrected chi connectivity index (χ4v) is 2.30. The Balaban J connectivity index is 2.37. The van der Waals surface area contributed by atoms with Crippen LogP contribution in [0.15, 0.2) is 30.3 Å². The van der Waals surface area contributed by atoms with Crippen LogP contribution in [0.1, 0.15) is 57.6 Å². The second-order valence-electron chi connectivity index (χ2n) is 5.80. The van der Waals surface area contributed by atoms with Crippen molar-refractivity contribution in [1.82, 2.24) is 10.6 Å². The molecule has 3 N–H and O–H groups in total. The zero-order valence-corrected chi connectivity index (χ0v) is 14.2. The first-order valence-corrected chi connectivity index (χ1v) is 8.30. The van der Waals surface area contributed by atoms with E-state index in [4.69, 9.17) is 5.11 Å². The molecule has 6 heteroatoms. The van der Waals surface area contributed by atoms with Gasteiger partial charge >= 0.3 is 5.97 Å². The summed E-state index contributed by atoms with van der Waals surface area (Å²) in [5, 5.41) is 14.4. The van der Waals surface area contributed by atoms with Crippen LogP contribution >= 0.6 is 0 Å². The normalized spacial score (nSPS) is 12.9. The number of hydrogen-bond donors (Lipinski definition) is 3. The Kier molecular flexibility index (Phi) is 8.54. The van der Waals surface area contributed by atoms with E-state index >= 15 is 0 Å². The lowest BCUT2D eigenvalue weighted by molar-refractivity contribution is -0.142. The summed E-state index contributed by atoms with van der Waals surface area (Å²) >= 11 is 0.